The summed E-state index contributed by atoms with van der Waals surface area (Å²) < 4.78 is 0. The standard InChI is InChI=1S/C53H69N15O9/c1-58-43(69)23-22-39-49(75)67-41(27-32-12-4-2-5-13-32)51(77)68-42(28-33-14-6-3-7-15-33)50(76)66-40(29-34-20-21-35-16-8-9-17-36(35)26-34)47(73)62-31-44(70)63-37(18-10-24-59-52(54)55)46(72)61-30-45(71)64-38(48(74)65-39)19-11-25-60-53(56)57/h2-9,12-17,20-21,26,37-42H,10-11,18-19,22-25,27-31H2,1H3,(H,58,69)(H,61,72)(H,62,73)(H,63,70)(H,64,71)(H,65,74)(H,66,76)(H,67,75)(H,68,77)(H4,54,55,59)(H4,56,57,60)/t37-,38-,39+,40+,41+,42-/m1/s1. The lowest BCUT2D eigenvalue weighted by molar-refractivity contribution is -0.135. The highest BCUT2D eigenvalue weighted by atomic mass is 16.2. The second-order valence-corrected chi connectivity index (χ2v) is 18.3. The van der Waals surface area contributed by atoms with E-state index in [0.717, 1.165) is 10.8 Å². The zero-order chi connectivity index (χ0) is 55.7. The predicted octanol–water partition coefficient (Wildman–Crippen LogP) is -2.34. The Morgan fingerprint density at radius 3 is 1.34 bits per heavy atom. The third kappa shape index (κ3) is 20.3. The molecule has 0 radical (unpaired) electrons. The second-order valence-electron chi connectivity index (χ2n) is 18.3. The van der Waals surface area contributed by atoms with Gasteiger partial charge < -0.3 is 70.8 Å². The maximum absolute atomic E-state index is 14.7. The summed E-state index contributed by atoms with van der Waals surface area (Å²) in [4.78, 5) is 134. The minimum Gasteiger partial charge on any atom is -0.370 e. The van der Waals surface area contributed by atoms with Crippen molar-refractivity contribution in [2.45, 2.75) is 94.0 Å². The molecule has 1 saturated heterocycles. The van der Waals surface area contributed by atoms with E-state index in [1.54, 1.807) is 66.7 Å². The summed E-state index contributed by atoms with van der Waals surface area (Å²) in [5, 5.41) is 25.4. The number of carbonyl (C=O) groups is 9. The Bertz CT molecular complexity index is 2750. The molecular weight excluding hydrogens is 991 g/mol. The van der Waals surface area contributed by atoms with Crippen molar-refractivity contribution in [3.05, 3.63) is 120 Å². The number of fused-ring (bicyclic) bond motifs is 1. The van der Waals surface area contributed by atoms with Gasteiger partial charge in [0.05, 0.1) is 13.1 Å². The van der Waals surface area contributed by atoms with Gasteiger partial charge >= 0.3 is 0 Å². The molecule has 0 aliphatic carbocycles. The predicted molar refractivity (Wildman–Crippen MR) is 289 cm³/mol. The van der Waals surface area contributed by atoms with Crippen LogP contribution in [0.2, 0.25) is 0 Å². The summed E-state index contributed by atoms with van der Waals surface area (Å²) >= 11 is 0. The van der Waals surface area contributed by atoms with Crippen molar-refractivity contribution in [3.8, 4) is 0 Å². The minimum atomic E-state index is -1.48. The van der Waals surface area contributed by atoms with Gasteiger partial charge in [0, 0.05) is 45.8 Å². The largest absolute Gasteiger partial charge is 0.370 e. The second kappa shape index (κ2) is 30.3. The molecule has 0 spiro atoms. The molecule has 1 heterocycles. The Morgan fingerprint density at radius 2 is 0.857 bits per heavy atom. The number of amides is 9. The molecule has 1 aliphatic heterocycles. The fourth-order valence-corrected chi connectivity index (χ4v) is 8.30. The molecule has 9 amide bonds. The van der Waals surface area contributed by atoms with Crippen LogP contribution in [0.5, 0.6) is 0 Å². The van der Waals surface area contributed by atoms with E-state index >= 15 is 0 Å². The van der Waals surface area contributed by atoms with E-state index in [2.05, 4.69) is 57.8 Å². The lowest BCUT2D eigenvalue weighted by Crippen LogP contribution is -2.60. The molecule has 4 aromatic carbocycles. The first-order chi connectivity index (χ1) is 37.0. The van der Waals surface area contributed by atoms with Gasteiger partial charge in [-0.05, 0) is 59.6 Å². The third-order valence-electron chi connectivity index (χ3n) is 12.3. The van der Waals surface area contributed by atoms with E-state index in [9.17, 15) is 43.2 Å². The summed E-state index contributed by atoms with van der Waals surface area (Å²) in [6.45, 7) is -1.22. The molecule has 1 fully saturated rings. The van der Waals surface area contributed by atoms with Crippen molar-refractivity contribution in [1.29, 1.82) is 0 Å². The first-order valence-corrected chi connectivity index (χ1v) is 25.2. The Labute approximate surface area is 445 Å². The molecule has 1 aliphatic rings. The van der Waals surface area contributed by atoms with Gasteiger partial charge in [-0.15, -0.1) is 0 Å². The number of nitrogens with zero attached hydrogens (tertiary/aromatic N) is 2. The van der Waals surface area contributed by atoms with Crippen molar-refractivity contribution in [1.82, 2.24) is 47.9 Å². The van der Waals surface area contributed by atoms with E-state index in [4.69, 9.17) is 22.9 Å². The summed E-state index contributed by atoms with van der Waals surface area (Å²) in [6.07, 6.45) is -0.530. The van der Waals surface area contributed by atoms with Crippen molar-refractivity contribution >= 4 is 75.9 Å². The molecule has 24 heteroatoms. The normalized spacial score (nSPS) is 20.5. The summed E-state index contributed by atoms with van der Waals surface area (Å²) in [6, 6.07) is 22.3. The Hall–Kier alpha value is -9.09. The fourth-order valence-electron chi connectivity index (χ4n) is 8.30. The van der Waals surface area contributed by atoms with Crippen molar-refractivity contribution in [2.75, 3.05) is 33.2 Å². The quantitative estimate of drug-likeness (QED) is 0.0300. The first kappa shape index (κ1) is 58.8. The van der Waals surface area contributed by atoms with Crippen LogP contribution in [-0.4, -0.2) is 135 Å². The summed E-state index contributed by atoms with van der Waals surface area (Å²) in [5.41, 5.74) is 23.9. The van der Waals surface area contributed by atoms with Crippen LogP contribution >= 0.6 is 0 Å². The number of aliphatic imine (C=N–C) groups is 2. The average Bonchev–Trinajstić information content (AvgIpc) is 3.41. The zero-order valence-corrected chi connectivity index (χ0v) is 42.8. The van der Waals surface area contributed by atoms with E-state index in [1.807, 2.05) is 36.4 Å². The van der Waals surface area contributed by atoms with Crippen LogP contribution in [0.25, 0.3) is 10.8 Å². The van der Waals surface area contributed by atoms with E-state index < -0.39 is 103 Å². The SMILES string of the molecule is CNC(=O)CC[C@@H]1NC(=O)[C@@H](CCCN=C(N)N)NC(=O)CNC(=O)[C@@H](CCCN=C(N)N)NC(=O)CNC(=O)[C@H](Cc2ccc3ccccc3c2)NC(=O)[C@@H](Cc2ccccc2)NC(=O)[C@H](Cc2ccccc2)NC1=O. The Kier molecular flexibility index (Phi) is 23.2. The van der Waals surface area contributed by atoms with Crippen molar-refractivity contribution in [2.24, 2.45) is 32.9 Å². The maximum Gasteiger partial charge on any atom is 0.243 e. The summed E-state index contributed by atoms with van der Waals surface area (Å²) in [5.74, 6) is -7.47. The van der Waals surface area contributed by atoms with Gasteiger partial charge in [-0.2, -0.15) is 0 Å². The summed E-state index contributed by atoms with van der Waals surface area (Å²) in [7, 11) is 1.39. The average molecular weight is 1060 g/mol. The monoisotopic (exact) mass is 1060 g/mol. The lowest BCUT2D eigenvalue weighted by Gasteiger charge is -2.28. The molecule has 5 rings (SSSR count). The van der Waals surface area contributed by atoms with Gasteiger partial charge in [-0.1, -0.05) is 103 Å². The molecule has 0 aromatic heterocycles. The van der Waals surface area contributed by atoms with Gasteiger partial charge in [0.25, 0.3) is 0 Å². The first-order valence-electron chi connectivity index (χ1n) is 25.2. The van der Waals surface area contributed by atoms with Crippen LogP contribution in [0.1, 0.15) is 55.2 Å². The van der Waals surface area contributed by atoms with Gasteiger partial charge in [0.1, 0.15) is 36.3 Å². The van der Waals surface area contributed by atoms with Crippen LogP contribution < -0.4 is 70.8 Å². The van der Waals surface area contributed by atoms with Crippen molar-refractivity contribution in [3.63, 3.8) is 0 Å². The van der Waals surface area contributed by atoms with E-state index in [0.29, 0.717) is 16.7 Å². The van der Waals surface area contributed by atoms with E-state index in [1.165, 1.54) is 7.05 Å². The number of carbonyl (C=O) groups excluding carboxylic acids is 9. The van der Waals surface area contributed by atoms with Crippen LogP contribution in [0, 0.1) is 0 Å². The molecular formula is C53H69N15O9. The van der Waals surface area contributed by atoms with Gasteiger partial charge in [-0.25, -0.2) is 0 Å². The minimum absolute atomic E-state index is 0.0272. The van der Waals surface area contributed by atoms with Crippen molar-refractivity contribution < 1.29 is 43.2 Å². The number of rotatable bonds is 17. The van der Waals surface area contributed by atoms with Crippen LogP contribution in [-0.2, 0) is 62.4 Å². The Balaban J connectivity index is 1.56. The molecule has 0 unspecified atom stereocenters. The topological polar surface area (TPSA) is 391 Å². The third-order valence-corrected chi connectivity index (χ3v) is 12.3. The molecule has 4 aromatic rings. The molecule has 0 saturated carbocycles. The fraction of sp³-hybridized carbons (Fsp3) is 0.377. The highest BCUT2D eigenvalue weighted by Gasteiger charge is 2.34. The number of nitrogens with two attached hydrogens (primary N) is 4. The Morgan fingerprint density at radius 1 is 0.468 bits per heavy atom. The number of nitrogens with one attached hydrogen (secondary N) is 9. The zero-order valence-electron chi connectivity index (χ0n) is 42.8. The molecule has 77 heavy (non-hydrogen) atoms. The van der Waals surface area contributed by atoms with Crippen LogP contribution in [0.15, 0.2) is 113 Å². The highest BCUT2D eigenvalue weighted by molar-refractivity contribution is 5.98. The molecule has 410 valence electrons. The molecule has 24 nitrogen and oxygen atoms in total. The van der Waals surface area contributed by atoms with Crippen LogP contribution in [0.4, 0.5) is 0 Å². The smallest absolute Gasteiger partial charge is 0.243 e. The van der Waals surface area contributed by atoms with Gasteiger partial charge in [0.2, 0.25) is 53.2 Å². The van der Waals surface area contributed by atoms with Gasteiger partial charge in [-0.3, -0.25) is 53.1 Å². The maximum atomic E-state index is 14.7. The van der Waals surface area contributed by atoms with Crippen LogP contribution in [0.3, 0.4) is 0 Å². The molecule has 6 atom stereocenters. The number of hydrogen-bond acceptors (Lipinski definition) is 11. The number of guanidine groups is 2. The van der Waals surface area contributed by atoms with Gasteiger partial charge in [0.15, 0.2) is 11.9 Å². The molecule has 17 N–H and O–H groups in total. The highest BCUT2D eigenvalue weighted by Crippen LogP contribution is 2.18. The molecule has 0 bridgehead atoms. The number of hydrogen-bond donors (Lipinski definition) is 13. The van der Waals surface area contributed by atoms with E-state index in [-0.39, 0.29) is 82.8 Å². The lowest BCUT2D eigenvalue weighted by atomic mass is 9.99. The number of benzene rings is 4.